The van der Waals surface area contributed by atoms with Crippen molar-refractivity contribution in [3.8, 4) is 11.5 Å². The van der Waals surface area contributed by atoms with E-state index in [1.165, 1.54) is 23.1 Å². The molecule has 2 aromatic heterocycles. The summed E-state index contributed by atoms with van der Waals surface area (Å²) in [6.45, 7) is 1.08. The molecule has 0 bridgehead atoms. The number of ether oxygens (including phenoxy) is 2. The molecule has 1 aromatic carbocycles. The van der Waals surface area contributed by atoms with Gasteiger partial charge in [0.05, 0.1) is 16.0 Å². The molecule has 10 heteroatoms. The van der Waals surface area contributed by atoms with Crippen LogP contribution in [0.25, 0.3) is 10.2 Å². The summed E-state index contributed by atoms with van der Waals surface area (Å²) in [5.74, 6) is 1.51. The number of thiazole rings is 1. The number of rotatable bonds is 4. The van der Waals surface area contributed by atoms with Gasteiger partial charge < -0.3 is 19.4 Å². The second-order valence-corrected chi connectivity index (χ2v) is 7.02. The third-order valence-corrected chi connectivity index (χ3v) is 5.27. The monoisotopic (exact) mass is 363 g/mol. The van der Waals surface area contributed by atoms with Gasteiger partial charge in [-0.25, -0.2) is 4.98 Å². The Bertz CT molecular complexity index is 864. The highest BCUT2D eigenvalue weighted by atomic mass is 32.2. The van der Waals surface area contributed by atoms with Crippen LogP contribution >= 0.6 is 23.1 Å². The highest BCUT2D eigenvalue weighted by Gasteiger charge is 2.16. The molecule has 4 rings (SSSR count). The Kier molecular flexibility index (Phi) is 3.98. The van der Waals surface area contributed by atoms with Crippen LogP contribution in [-0.2, 0) is 11.8 Å². The Morgan fingerprint density at radius 2 is 2.17 bits per heavy atom. The minimum absolute atomic E-state index is 0.140. The molecule has 0 saturated carbocycles. The molecule has 1 aliphatic rings. The van der Waals surface area contributed by atoms with Crippen LogP contribution in [0.5, 0.6) is 11.5 Å². The summed E-state index contributed by atoms with van der Waals surface area (Å²) < 4.78 is 13.8. The van der Waals surface area contributed by atoms with Gasteiger partial charge in [0.25, 0.3) is 0 Å². The highest BCUT2D eigenvalue weighted by molar-refractivity contribution is 7.99. The molecule has 0 spiro atoms. The number of aromatic nitrogens is 4. The number of nitrogens with zero attached hydrogens (tertiary/aromatic N) is 4. The van der Waals surface area contributed by atoms with Crippen LogP contribution in [0, 0.1) is 0 Å². The molecule has 1 N–H and O–H groups in total. The molecule has 0 saturated heterocycles. The number of amides is 1. The first-order valence-corrected chi connectivity index (χ1v) is 8.96. The Balaban J connectivity index is 1.46. The van der Waals surface area contributed by atoms with E-state index in [1.807, 2.05) is 19.2 Å². The van der Waals surface area contributed by atoms with Gasteiger partial charge in [-0.05, 0) is 0 Å². The molecular formula is C14H13N5O3S2. The Hall–Kier alpha value is -2.33. The normalized spacial score (nSPS) is 13.2. The molecule has 1 amide bonds. The van der Waals surface area contributed by atoms with E-state index in [9.17, 15) is 4.79 Å². The summed E-state index contributed by atoms with van der Waals surface area (Å²) in [6, 6.07) is 3.73. The van der Waals surface area contributed by atoms with Crippen LogP contribution in [-0.4, -0.2) is 44.6 Å². The summed E-state index contributed by atoms with van der Waals surface area (Å²) in [5.41, 5.74) is 0.778. The minimum Gasteiger partial charge on any atom is -0.486 e. The minimum atomic E-state index is -0.140. The van der Waals surface area contributed by atoms with E-state index in [2.05, 4.69) is 20.5 Å². The van der Waals surface area contributed by atoms with Crippen LogP contribution in [0.2, 0.25) is 0 Å². The van der Waals surface area contributed by atoms with Crippen molar-refractivity contribution in [3.63, 3.8) is 0 Å². The largest absolute Gasteiger partial charge is 0.486 e. The Labute approximate surface area is 145 Å². The van der Waals surface area contributed by atoms with Crippen molar-refractivity contribution in [1.29, 1.82) is 0 Å². The predicted molar refractivity (Wildman–Crippen MR) is 91.0 cm³/mol. The van der Waals surface area contributed by atoms with Crippen molar-refractivity contribution in [2.45, 2.75) is 5.16 Å². The van der Waals surface area contributed by atoms with Gasteiger partial charge in [-0.2, -0.15) is 0 Å². The average Bonchev–Trinajstić information content (AvgIpc) is 3.15. The molecular weight excluding hydrogens is 350 g/mol. The second kappa shape index (κ2) is 6.29. The maximum absolute atomic E-state index is 12.1. The van der Waals surface area contributed by atoms with Gasteiger partial charge >= 0.3 is 0 Å². The number of nitrogens with one attached hydrogen (secondary N) is 1. The number of anilines is 1. The van der Waals surface area contributed by atoms with E-state index in [-0.39, 0.29) is 11.7 Å². The SMILES string of the molecule is Cn1cnnc1SCC(=O)Nc1nc2cc3c(cc2s1)OCCO3. The molecule has 0 aliphatic carbocycles. The summed E-state index contributed by atoms with van der Waals surface area (Å²) in [5, 5.41) is 11.8. The van der Waals surface area contributed by atoms with Crippen molar-refractivity contribution in [3.05, 3.63) is 18.5 Å². The second-order valence-electron chi connectivity index (χ2n) is 5.04. The summed E-state index contributed by atoms with van der Waals surface area (Å²) >= 11 is 2.73. The Morgan fingerprint density at radius 3 is 2.92 bits per heavy atom. The number of hydrogen-bond donors (Lipinski definition) is 1. The van der Waals surface area contributed by atoms with E-state index in [1.54, 1.807) is 10.9 Å². The molecule has 0 unspecified atom stereocenters. The van der Waals surface area contributed by atoms with Crippen LogP contribution in [0.3, 0.4) is 0 Å². The number of aryl methyl sites for hydroxylation is 1. The van der Waals surface area contributed by atoms with Crippen molar-refractivity contribution >= 4 is 44.4 Å². The van der Waals surface area contributed by atoms with Gasteiger partial charge in [0.1, 0.15) is 19.5 Å². The molecule has 24 heavy (non-hydrogen) atoms. The molecule has 3 aromatic rings. The van der Waals surface area contributed by atoms with Crippen molar-refractivity contribution < 1.29 is 14.3 Å². The lowest BCUT2D eigenvalue weighted by atomic mass is 10.3. The topological polar surface area (TPSA) is 91.2 Å². The van der Waals surface area contributed by atoms with Gasteiger partial charge in [-0.1, -0.05) is 23.1 Å². The number of hydrogen-bond acceptors (Lipinski definition) is 8. The maximum atomic E-state index is 12.1. The fraction of sp³-hybridized carbons (Fsp3) is 0.286. The lowest BCUT2D eigenvalue weighted by molar-refractivity contribution is -0.113. The Morgan fingerprint density at radius 1 is 1.38 bits per heavy atom. The van der Waals surface area contributed by atoms with E-state index < -0.39 is 0 Å². The van der Waals surface area contributed by atoms with Gasteiger partial charge in [-0.15, -0.1) is 10.2 Å². The number of carbonyl (C=O) groups is 1. The third kappa shape index (κ3) is 3.02. The molecule has 0 fully saturated rings. The number of thioether (sulfide) groups is 1. The van der Waals surface area contributed by atoms with E-state index in [4.69, 9.17) is 9.47 Å². The number of fused-ring (bicyclic) bond motifs is 2. The van der Waals surface area contributed by atoms with Gasteiger partial charge in [0.15, 0.2) is 21.8 Å². The molecule has 0 radical (unpaired) electrons. The van der Waals surface area contributed by atoms with E-state index in [0.29, 0.717) is 35.0 Å². The molecule has 0 atom stereocenters. The zero-order valence-corrected chi connectivity index (χ0v) is 14.3. The first kappa shape index (κ1) is 15.2. The lowest BCUT2D eigenvalue weighted by Crippen LogP contribution is -2.15. The molecule has 1 aliphatic heterocycles. The van der Waals surface area contributed by atoms with E-state index >= 15 is 0 Å². The maximum Gasteiger partial charge on any atom is 0.236 e. The van der Waals surface area contributed by atoms with E-state index in [0.717, 1.165) is 10.2 Å². The van der Waals surface area contributed by atoms with Crippen LogP contribution in [0.15, 0.2) is 23.6 Å². The lowest BCUT2D eigenvalue weighted by Gasteiger charge is -2.17. The number of carbonyl (C=O) groups excluding carboxylic acids is 1. The average molecular weight is 363 g/mol. The zero-order chi connectivity index (χ0) is 16.5. The van der Waals surface area contributed by atoms with Gasteiger partial charge in [0, 0.05) is 19.2 Å². The summed E-state index contributed by atoms with van der Waals surface area (Å²) in [7, 11) is 1.83. The molecule has 124 valence electrons. The van der Waals surface area contributed by atoms with Crippen molar-refractivity contribution in [2.75, 3.05) is 24.3 Å². The van der Waals surface area contributed by atoms with Crippen LogP contribution < -0.4 is 14.8 Å². The smallest absolute Gasteiger partial charge is 0.236 e. The molecule has 8 nitrogen and oxygen atoms in total. The summed E-state index contributed by atoms with van der Waals surface area (Å²) in [4.78, 5) is 16.5. The fourth-order valence-electron chi connectivity index (χ4n) is 2.21. The number of benzene rings is 1. The standard InChI is InChI=1S/C14H13N5O3S2/c1-19-7-15-18-14(19)23-6-12(20)17-13-16-8-4-9-10(5-11(8)24-13)22-3-2-21-9/h4-5,7H,2-3,6H2,1H3,(H,16,17,20). The molecule has 3 heterocycles. The van der Waals surface area contributed by atoms with Crippen molar-refractivity contribution in [2.24, 2.45) is 7.05 Å². The van der Waals surface area contributed by atoms with Gasteiger partial charge in [-0.3, -0.25) is 4.79 Å². The quantitative estimate of drug-likeness (QED) is 0.708. The zero-order valence-electron chi connectivity index (χ0n) is 12.7. The fourth-order valence-corrected chi connectivity index (χ4v) is 3.79. The first-order chi connectivity index (χ1) is 11.7. The summed E-state index contributed by atoms with van der Waals surface area (Å²) in [6.07, 6.45) is 1.60. The van der Waals surface area contributed by atoms with Gasteiger partial charge in [0.2, 0.25) is 5.91 Å². The highest BCUT2D eigenvalue weighted by Crippen LogP contribution is 2.37. The first-order valence-electron chi connectivity index (χ1n) is 7.16. The third-order valence-electron chi connectivity index (χ3n) is 3.30. The predicted octanol–water partition coefficient (Wildman–Crippen LogP) is 1.93. The van der Waals surface area contributed by atoms with Crippen LogP contribution in [0.4, 0.5) is 5.13 Å². The van der Waals surface area contributed by atoms with Crippen molar-refractivity contribution in [1.82, 2.24) is 19.7 Å². The van der Waals surface area contributed by atoms with Crippen LogP contribution in [0.1, 0.15) is 0 Å².